The number of amides is 2. The molecule has 2 atom stereocenters. The number of hydrogen-bond donors (Lipinski definition) is 7. The molecular formula is C22H21Cl2N3O8. The molecule has 0 aromatic heterocycles. The maximum atomic E-state index is 13.3. The second kappa shape index (κ2) is 9.55. The number of anilines is 1. The molecule has 186 valence electrons. The molecule has 0 radical (unpaired) electrons. The van der Waals surface area contributed by atoms with Crippen LogP contribution in [0.4, 0.5) is 5.69 Å². The Balaban J connectivity index is 0.00000216. The maximum Gasteiger partial charge on any atom is 0.238 e. The molecule has 0 fully saturated rings. The van der Waals surface area contributed by atoms with Gasteiger partial charge in [-0.1, -0.05) is 6.07 Å². The number of rotatable bonds is 4. The molecule has 11 nitrogen and oxygen atoms in total. The third kappa shape index (κ3) is 3.98. The molecule has 2 unspecified atom stereocenters. The number of aromatic hydroxyl groups is 2. The number of carbonyl (C=O) groups excluding carboxylic acids is 4. The number of hydrogen-bond acceptors (Lipinski definition) is 9. The van der Waals surface area contributed by atoms with Crippen molar-refractivity contribution in [2.75, 3.05) is 18.9 Å². The van der Waals surface area contributed by atoms with Gasteiger partial charge in [-0.25, -0.2) is 0 Å². The molecule has 0 saturated carbocycles. The van der Waals surface area contributed by atoms with Gasteiger partial charge in [0.05, 0.1) is 23.2 Å². The number of nitrogens with two attached hydrogens (primary N) is 1. The van der Waals surface area contributed by atoms with E-state index >= 15 is 0 Å². The number of benzene rings is 2. The summed E-state index contributed by atoms with van der Waals surface area (Å²) in [5.74, 6) is -8.27. The Kier molecular flexibility index (Phi) is 7.53. The van der Waals surface area contributed by atoms with E-state index in [1.54, 1.807) is 7.05 Å². The van der Waals surface area contributed by atoms with Crippen molar-refractivity contribution in [2.24, 2.45) is 11.7 Å². The summed E-state index contributed by atoms with van der Waals surface area (Å²) in [7, 11) is 1.56. The van der Waals surface area contributed by atoms with Gasteiger partial charge in [0.1, 0.15) is 11.5 Å². The summed E-state index contributed by atoms with van der Waals surface area (Å²) < 4.78 is 0. The fourth-order valence-electron chi connectivity index (χ4n) is 4.13. The number of Topliss-reactive ketones (excluding diaryl/α,β-unsaturated/α-hetero) is 2. The molecule has 2 aliphatic rings. The minimum atomic E-state index is -2.88. The molecule has 2 aromatic rings. The molecule has 8 N–H and O–H groups in total. The van der Waals surface area contributed by atoms with Gasteiger partial charge in [0.25, 0.3) is 0 Å². The van der Waals surface area contributed by atoms with E-state index < -0.39 is 57.7 Å². The van der Waals surface area contributed by atoms with Gasteiger partial charge >= 0.3 is 0 Å². The summed E-state index contributed by atoms with van der Waals surface area (Å²) in [6, 6.07) is 4.30. The van der Waals surface area contributed by atoms with Gasteiger partial charge in [0.2, 0.25) is 23.2 Å². The molecular weight excluding hydrogens is 505 g/mol. The summed E-state index contributed by atoms with van der Waals surface area (Å²) in [5, 5.41) is 47.9. The lowest BCUT2D eigenvalue weighted by atomic mass is 9.68. The monoisotopic (exact) mass is 525 g/mol. The minimum absolute atomic E-state index is 0. The van der Waals surface area contributed by atoms with Gasteiger partial charge in [-0.2, -0.15) is 0 Å². The molecule has 13 heteroatoms. The van der Waals surface area contributed by atoms with Crippen molar-refractivity contribution in [3.05, 3.63) is 46.7 Å². The normalized spacial score (nSPS) is 20.5. The van der Waals surface area contributed by atoms with Crippen molar-refractivity contribution in [1.82, 2.24) is 5.32 Å². The van der Waals surface area contributed by atoms with Gasteiger partial charge in [-0.15, -0.1) is 24.8 Å². The fraction of sp³-hybridized carbons (Fsp3) is 0.182. The second-order valence-electron chi connectivity index (χ2n) is 7.74. The highest BCUT2D eigenvalue weighted by Gasteiger charge is 2.57. The van der Waals surface area contributed by atoms with E-state index in [0.29, 0.717) is 0 Å². The predicted molar refractivity (Wildman–Crippen MR) is 130 cm³/mol. The van der Waals surface area contributed by atoms with E-state index in [2.05, 4.69) is 10.6 Å². The molecule has 35 heavy (non-hydrogen) atoms. The van der Waals surface area contributed by atoms with Crippen LogP contribution in [0.3, 0.4) is 0 Å². The summed E-state index contributed by atoms with van der Waals surface area (Å²) in [6.45, 7) is -0.0454. The Morgan fingerprint density at radius 3 is 2.34 bits per heavy atom. The van der Waals surface area contributed by atoms with Crippen LogP contribution in [-0.4, -0.2) is 63.0 Å². The Morgan fingerprint density at radius 1 is 1.09 bits per heavy atom. The molecule has 2 amide bonds. The van der Waals surface area contributed by atoms with Crippen LogP contribution >= 0.6 is 24.8 Å². The van der Waals surface area contributed by atoms with E-state index in [0.717, 1.165) is 6.08 Å². The number of phenolic OH excluding ortho intramolecular Hbond substituents is 2. The Hall–Kier alpha value is -3.64. The van der Waals surface area contributed by atoms with Crippen molar-refractivity contribution >= 4 is 70.7 Å². The average Bonchev–Trinajstić information content (AvgIpc) is 2.72. The Labute approximate surface area is 210 Å². The molecule has 2 aliphatic carbocycles. The van der Waals surface area contributed by atoms with Crippen LogP contribution in [0.25, 0.3) is 16.8 Å². The van der Waals surface area contributed by atoms with E-state index in [-0.39, 0.29) is 59.0 Å². The van der Waals surface area contributed by atoms with Crippen LogP contribution < -0.4 is 16.4 Å². The largest absolute Gasteiger partial charge is 0.511 e. The summed E-state index contributed by atoms with van der Waals surface area (Å²) in [4.78, 5) is 49.6. The summed E-state index contributed by atoms with van der Waals surface area (Å²) in [6.07, 6.45) is 2.12. The highest BCUT2D eigenvalue weighted by atomic mass is 35.5. The lowest BCUT2D eigenvalue weighted by molar-refractivity contribution is -0.140. The molecule has 0 bridgehead atoms. The van der Waals surface area contributed by atoms with Crippen molar-refractivity contribution in [3.8, 4) is 11.5 Å². The molecule has 0 saturated heterocycles. The minimum Gasteiger partial charge on any atom is -0.511 e. The van der Waals surface area contributed by atoms with Crippen LogP contribution in [0, 0.1) is 5.92 Å². The molecule has 0 heterocycles. The van der Waals surface area contributed by atoms with E-state index in [9.17, 15) is 39.6 Å². The first kappa shape index (κ1) is 27.6. The standard InChI is InChI=1S/C22H19N3O8.2ClH/c1-24-7-13(27)25-11-3-2-8-4-9-5-10-6-12(26)16(21(23)32)20(31)22(10,33)19(30)15(9)18(29)14(8)17(11)28;;/h2-6,16,24,26,28-29,33H,7H2,1H3,(H2,23,32)(H,25,27);2*1H. The number of fused-ring (bicyclic) bond motifs is 3. The predicted octanol–water partition coefficient (Wildman–Crippen LogP) is 0.689. The smallest absolute Gasteiger partial charge is 0.238 e. The van der Waals surface area contributed by atoms with Crippen LogP contribution in [0.2, 0.25) is 0 Å². The molecule has 4 rings (SSSR count). The maximum absolute atomic E-state index is 13.3. The SMILES string of the molecule is CNCC(=O)Nc1ccc2cc3c(c(O)c2c1O)C(=O)C1(O)C(=O)C(C(N)=O)C(O)=CC1=C3.Cl.Cl. The highest BCUT2D eigenvalue weighted by Crippen LogP contribution is 2.47. The Morgan fingerprint density at radius 2 is 1.74 bits per heavy atom. The molecule has 0 spiro atoms. The topological polar surface area (TPSA) is 199 Å². The number of aliphatic hydroxyl groups excluding tert-OH is 1. The van der Waals surface area contributed by atoms with Gasteiger partial charge in [-0.3, -0.25) is 19.2 Å². The van der Waals surface area contributed by atoms with Crippen LogP contribution in [0.15, 0.2) is 35.6 Å². The van der Waals surface area contributed by atoms with E-state index in [1.807, 2.05) is 0 Å². The first-order valence-corrected chi connectivity index (χ1v) is 9.72. The third-order valence-electron chi connectivity index (χ3n) is 5.68. The van der Waals surface area contributed by atoms with Gasteiger partial charge in [0, 0.05) is 5.57 Å². The quantitative estimate of drug-likeness (QED) is 0.221. The van der Waals surface area contributed by atoms with Gasteiger partial charge in [-0.05, 0) is 42.3 Å². The zero-order valence-corrected chi connectivity index (χ0v) is 19.6. The van der Waals surface area contributed by atoms with Crippen LogP contribution in [0.5, 0.6) is 11.5 Å². The third-order valence-corrected chi connectivity index (χ3v) is 5.68. The van der Waals surface area contributed by atoms with Crippen molar-refractivity contribution in [1.29, 1.82) is 0 Å². The van der Waals surface area contributed by atoms with Gasteiger partial charge in [0.15, 0.2) is 17.5 Å². The molecule has 2 aromatic carbocycles. The highest BCUT2D eigenvalue weighted by molar-refractivity contribution is 6.30. The van der Waals surface area contributed by atoms with Crippen LogP contribution in [-0.2, 0) is 14.4 Å². The average molecular weight is 526 g/mol. The van der Waals surface area contributed by atoms with E-state index in [4.69, 9.17) is 5.73 Å². The zero-order valence-electron chi connectivity index (χ0n) is 18.0. The van der Waals surface area contributed by atoms with Crippen LogP contribution in [0.1, 0.15) is 15.9 Å². The van der Waals surface area contributed by atoms with Gasteiger partial charge < -0.3 is 36.8 Å². The van der Waals surface area contributed by atoms with Crippen molar-refractivity contribution in [3.63, 3.8) is 0 Å². The van der Waals surface area contributed by atoms with Crippen molar-refractivity contribution in [2.45, 2.75) is 5.60 Å². The number of ketones is 2. The fourth-order valence-corrected chi connectivity index (χ4v) is 4.13. The Bertz CT molecular complexity index is 1350. The number of halogens is 2. The lowest BCUT2D eigenvalue weighted by Crippen LogP contribution is -2.56. The lowest BCUT2D eigenvalue weighted by Gasteiger charge is -2.36. The first-order valence-electron chi connectivity index (χ1n) is 9.72. The number of carbonyl (C=O) groups is 4. The van der Waals surface area contributed by atoms with E-state index in [1.165, 1.54) is 24.3 Å². The summed E-state index contributed by atoms with van der Waals surface area (Å²) in [5.41, 5.74) is 1.57. The first-order chi connectivity index (χ1) is 15.5. The summed E-state index contributed by atoms with van der Waals surface area (Å²) >= 11 is 0. The second-order valence-corrected chi connectivity index (χ2v) is 7.74. The zero-order chi connectivity index (χ0) is 24.2. The number of phenols is 2. The number of nitrogens with one attached hydrogen (secondary N) is 2. The number of primary amides is 1. The number of likely N-dealkylation sites (N-methyl/N-ethyl adjacent to an activating group) is 1. The molecule has 0 aliphatic heterocycles. The van der Waals surface area contributed by atoms with Crippen molar-refractivity contribution < 1.29 is 39.6 Å². The number of aliphatic hydroxyl groups is 2.